The highest BCUT2D eigenvalue weighted by atomic mass is 32.1. The summed E-state index contributed by atoms with van der Waals surface area (Å²) in [6, 6.07) is 80.4. The van der Waals surface area contributed by atoms with Gasteiger partial charge in [-0.05, 0) is 81.9 Å². The first-order chi connectivity index (χ1) is 31.7. The second-order valence-corrected chi connectivity index (χ2v) is 17.4. The van der Waals surface area contributed by atoms with Gasteiger partial charge >= 0.3 is 0 Å². The predicted molar refractivity (Wildman–Crippen MR) is 270 cm³/mol. The molecular weight excluding hydrogens is 799 g/mol. The molecule has 4 heteroatoms. The highest BCUT2D eigenvalue weighted by molar-refractivity contribution is 7.26. The van der Waals surface area contributed by atoms with E-state index in [1.807, 2.05) is 17.4 Å². The zero-order valence-electron chi connectivity index (χ0n) is 34.5. The number of furan rings is 2. The third kappa shape index (κ3) is 5.81. The van der Waals surface area contributed by atoms with Crippen molar-refractivity contribution < 1.29 is 8.83 Å². The lowest BCUT2D eigenvalue weighted by atomic mass is 9.95. The molecule has 0 aliphatic heterocycles. The maximum atomic E-state index is 7.04. The number of nitrogens with zero attached hydrogens (tertiary/aromatic N) is 1. The molecule has 0 aliphatic carbocycles. The van der Waals surface area contributed by atoms with Crippen molar-refractivity contribution in [2.75, 3.05) is 4.90 Å². The number of hydrogen-bond acceptors (Lipinski definition) is 4. The van der Waals surface area contributed by atoms with Gasteiger partial charge in [-0.3, -0.25) is 0 Å². The summed E-state index contributed by atoms with van der Waals surface area (Å²) >= 11 is 1.87. The van der Waals surface area contributed by atoms with Gasteiger partial charge in [0.15, 0.2) is 0 Å². The van der Waals surface area contributed by atoms with Crippen molar-refractivity contribution in [1.29, 1.82) is 0 Å². The molecule has 3 nitrogen and oxygen atoms in total. The molecule has 0 radical (unpaired) electrons. The van der Waals surface area contributed by atoms with Gasteiger partial charge in [-0.15, -0.1) is 11.3 Å². The van der Waals surface area contributed by atoms with Crippen LogP contribution in [0.3, 0.4) is 0 Å². The molecule has 0 fully saturated rings. The minimum Gasteiger partial charge on any atom is -0.456 e. The van der Waals surface area contributed by atoms with E-state index < -0.39 is 0 Å². The number of fused-ring (bicyclic) bond motifs is 9. The standard InChI is InChI=1S/C60H37NO2S/c1-5-16-38(17-6-1)42-28-30-48-55(36-42)64-60-46(41-22-11-4-12-23-41)31-33-51(56(48)60)61(43-29-34-53-50(37-43)47-24-13-14-27-52(47)62-53)58-44(39-18-7-2-8-19-39)32-35-54-57(58)49-26-15-25-45(59(49)63-54)40-20-9-3-10-21-40/h1-37H. The van der Waals surface area contributed by atoms with Crippen LogP contribution in [-0.2, 0) is 0 Å². The second-order valence-electron chi connectivity index (χ2n) is 16.3. The Morgan fingerprint density at radius 1 is 0.344 bits per heavy atom. The number of thiophene rings is 1. The minimum atomic E-state index is 0.827. The van der Waals surface area contributed by atoms with E-state index in [4.69, 9.17) is 8.83 Å². The summed E-state index contributed by atoms with van der Waals surface area (Å²) in [5.74, 6) is 0. The molecule has 0 unspecified atom stereocenters. The summed E-state index contributed by atoms with van der Waals surface area (Å²) in [6.07, 6.45) is 0. The molecule has 300 valence electrons. The third-order valence-corrected chi connectivity index (χ3v) is 13.9. The largest absolute Gasteiger partial charge is 0.456 e. The first-order valence-electron chi connectivity index (χ1n) is 21.7. The summed E-state index contributed by atoms with van der Waals surface area (Å²) in [7, 11) is 0. The lowest BCUT2D eigenvalue weighted by Gasteiger charge is -2.30. The van der Waals surface area contributed by atoms with E-state index in [9.17, 15) is 0 Å². The first kappa shape index (κ1) is 36.5. The predicted octanol–water partition coefficient (Wildman–Crippen LogP) is 18.0. The Balaban J connectivity index is 1.19. The highest BCUT2D eigenvalue weighted by Gasteiger charge is 2.28. The molecule has 0 atom stereocenters. The van der Waals surface area contributed by atoms with Crippen molar-refractivity contribution >= 4 is 92.4 Å². The summed E-state index contributed by atoms with van der Waals surface area (Å²) < 4.78 is 16.0. The van der Waals surface area contributed by atoms with Gasteiger partial charge in [-0.25, -0.2) is 0 Å². The van der Waals surface area contributed by atoms with E-state index in [0.29, 0.717) is 0 Å². The summed E-state index contributed by atoms with van der Waals surface area (Å²) in [4.78, 5) is 2.50. The Morgan fingerprint density at radius 3 is 1.70 bits per heavy atom. The molecular formula is C60H37NO2S. The van der Waals surface area contributed by atoms with E-state index >= 15 is 0 Å². The van der Waals surface area contributed by atoms with Crippen molar-refractivity contribution in [3.05, 3.63) is 224 Å². The molecule has 0 spiro atoms. The normalized spacial score (nSPS) is 11.8. The Hall–Kier alpha value is -8.18. The van der Waals surface area contributed by atoms with E-state index in [1.54, 1.807) is 0 Å². The van der Waals surface area contributed by atoms with Gasteiger partial charge in [0.05, 0.1) is 16.8 Å². The molecule has 0 amide bonds. The number of hydrogen-bond donors (Lipinski definition) is 0. The molecule has 3 heterocycles. The smallest absolute Gasteiger partial charge is 0.143 e. The quantitative estimate of drug-likeness (QED) is 0.160. The first-order valence-corrected chi connectivity index (χ1v) is 22.5. The molecule has 0 aliphatic rings. The average Bonchev–Trinajstić information content (AvgIpc) is 4.07. The third-order valence-electron chi connectivity index (χ3n) is 12.7. The maximum Gasteiger partial charge on any atom is 0.143 e. The van der Waals surface area contributed by atoms with Crippen molar-refractivity contribution in [1.82, 2.24) is 0 Å². The van der Waals surface area contributed by atoms with Gasteiger partial charge in [0, 0.05) is 53.1 Å². The minimum absolute atomic E-state index is 0.827. The fraction of sp³-hybridized carbons (Fsp3) is 0. The number of anilines is 3. The van der Waals surface area contributed by atoms with Gasteiger partial charge in [0.2, 0.25) is 0 Å². The molecule has 10 aromatic carbocycles. The van der Waals surface area contributed by atoms with Crippen molar-refractivity contribution in [2.45, 2.75) is 0 Å². The fourth-order valence-corrected chi connectivity index (χ4v) is 11.0. The Bertz CT molecular complexity index is 3890. The number of benzene rings is 10. The molecule has 13 aromatic rings. The Kier molecular flexibility index (Phi) is 8.40. The SMILES string of the molecule is c1ccc(-c2ccc3c(c2)sc2c(-c4ccccc4)ccc(N(c4ccc5oc6ccccc6c5c4)c4c(-c5ccccc5)ccc5oc6c(-c7ccccc7)cccc6c45)c23)cc1. The van der Waals surface area contributed by atoms with Gasteiger partial charge in [-0.2, -0.15) is 0 Å². The topological polar surface area (TPSA) is 29.5 Å². The average molecular weight is 836 g/mol. The Morgan fingerprint density at radius 2 is 0.953 bits per heavy atom. The van der Waals surface area contributed by atoms with Crippen molar-refractivity contribution in [3.63, 3.8) is 0 Å². The van der Waals surface area contributed by atoms with E-state index in [0.717, 1.165) is 83.2 Å². The number of rotatable bonds is 7. The molecule has 0 N–H and O–H groups in total. The van der Waals surface area contributed by atoms with Crippen LogP contribution in [0.15, 0.2) is 233 Å². The van der Waals surface area contributed by atoms with Crippen LogP contribution >= 0.6 is 11.3 Å². The lowest BCUT2D eigenvalue weighted by molar-refractivity contribution is 0.669. The van der Waals surface area contributed by atoms with Gasteiger partial charge in [-0.1, -0.05) is 176 Å². The zero-order valence-corrected chi connectivity index (χ0v) is 35.4. The van der Waals surface area contributed by atoms with Gasteiger partial charge < -0.3 is 13.7 Å². The monoisotopic (exact) mass is 835 g/mol. The molecule has 64 heavy (non-hydrogen) atoms. The molecule has 3 aromatic heterocycles. The Labute approximate surface area is 373 Å². The van der Waals surface area contributed by atoms with Gasteiger partial charge in [0.25, 0.3) is 0 Å². The molecule has 13 rings (SSSR count). The van der Waals surface area contributed by atoms with Crippen LogP contribution in [0, 0.1) is 0 Å². The molecule has 0 bridgehead atoms. The van der Waals surface area contributed by atoms with Crippen LogP contribution in [-0.4, -0.2) is 0 Å². The summed E-state index contributed by atoms with van der Waals surface area (Å²) in [6.45, 7) is 0. The molecule has 0 saturated carbocycles. The highest BCUT2D eigenvalue weighted by Crippen LogP contribution is 2.54. The van der Waals surface area contributed by atoms with Crippen LogP contribution in [0.2, 0.25) is 0 Å². The zero-order chi connectivity index (χ0) is 42.1. The second kappa shape index (κ2) is 14.7. The maximum absolute atomic E-state index is 7.04. The van der Waals surface area contributed by atoms with Crippen LogP contribution in [0.25, 0.3) is 109 Å². The van der Waals surface area contributed by atoms with E-state index in [2.05, 4.69) is 223 Å². The summed E-state index contributed by atoms with van der Waals surface area (Å²) in [5.41, 5.74) is 15.8. The number of para-hydroxylation sites is 2. The van der Waals surface area contributed by atoms with Gasteiger partial charge in [0.1, 0.15) is 22.3 Å². The summed E-state index contributed by atoms with van der Waals surface area (Å²) in [5, 5.41) is 6.67. The van der Waals surface area contributed by atoms with E-state index in [1.165, 1.54) is 42.4 Å². The molecule has 0 saturated heterocycles. The van der Waals surface area contributed by atoms with Crippen molar-refractivity contribution in [3.8, 4) is 44.5 Å². The van der Waals surface area contributed by atoms with Crippen LogP contribution in [0.4, 0.5) is 17.1 Å². The van der Waals surface area contributed by atoms with Crippen LogP contribution in [0.1, 0.15) is 0 Å². The van der Waals surface area contributed by atoms with Crippen LogP contribution in [0.5, 0.6) is 0 Å². The van der Waals surface area contributed by atoms with E-state index in [-0.39, 0.29) is 0 Å². The fourth-order valence-electron chi connectivity index (χ4n) is 9.74. The lowest BCUT2D eigenvalue weighted by Crippen LogP contribution is -2.12. The van der Waals surface area contributed by atoms with Crippen molar-refractivity contribution in [2.24, 2.45) is 0 Å². The van der Waals surface area contributed by atoms with Crippen LogP contribution < -0.4 is 4.90 Å².